The third kappa shape index (κ3) is 2.81. The van der Waals surface area contributed by atoms with Crippen LogP contribution in [0.25, 0.3) is 0 Å². The van der Waals surface area contributed by atoms with E-state index >= 15 is 0 Å². The monoisotopic (exact) mass is 328 g/mol. The average Bonchev–Trinajstić information content (AvgIpc) is 2.95. The molecule has 0 spiro atoms. The highest BCUT2D eigenvalue weighted by atomic mass is 16.3. The minimum Gasteiger partial charge on any atom is -0.393 e. The maximum Gasteiger partial charge on any atom is 0.317 e. The Morgan fingerprint density at radius 1 is 1.33 bits per heavy atom. The molecule has 4 unspecified atom stereocenters. The van der Waals surface area contributed by atoms with Crippen LogP contribution in [-0.4, -0.2) is 35.2 Å². The highest BCUT2D eigenvalue weighted by molar-refractivity contribution is 5.75. The van der Waals surface area contributed by atoms with Gasteiger partial charge in [-0.1, -0.05) is 18.2 Å². The van der Waals surface area contributed by atoms with E-state index < -0.39 is 0 Å². The minimum atomic E-state index is -0.339. The highest BCUT2D eigenvalue weighted by Crippen LogP contribution is 2.47. The lowest BCUT2D eigenvalue weighted by Crippen LogP contribution is -2.48. The van der Waals surface area contributed by atoms with Crippen LogP contribution in [0.4, 0.5) is 4.79 Å². The van der Waals surface area contributed by atoms with Gasteiger partial charge in [0.05, 0.1) is 12.1 Å². The van der Waals surface area contributed by atoms with Gasteiger partial charge in [-0.3, -0.25) is 0 Å². The molecule has 0 bridgehead atoms. The van der Waals surface area contributed by atoms with Gasteiger partial charge >= 0.3 is 6.03 Å². The van der Waals surface area contributed by atoms with Crippen molar-refractivity contribution in [2.24, 2.45) is 5.92 Å². The number of urea groups is 1. The zero-order valence-electron chi connectivity index (χ0n) is 14.5. The minimum absolute atomic E-state index is 0.0431. The zero-order valence-corrected chi connectivity index (χ0v) is 14.5. The first-order chi connectivity index (χ1) is 11.6. The summed E-state index contributed by atoms with van der Waals surface area (Å²) in [7, 11) is 0. The molecule has 0 saturated carbocycles. The molecule has 1 saturated heterocycles. The fourth-order valence-electron chi connectivity index (χ4n) is 4.95. The Balaban J connectivity index is 1.47. The molecule has 1 aliphatic heterocycles. The normalized spacial score (nSPS) is 29.9. The van der Waals surface area contributed by atoms with Crippen molar-refractivity contribution in [3.05, 3.63) is 34.9 Å². The average molecular weight is 328 g/mol. The van der Waals surface area contributed by atoms with Gasteiger partial charge in [-0.05, 0) is 68.1 Å². The molecule has 1 aromatic rings. The van der Waals surface area contributed by atoms with Crippen LogP contribution in [0.2, 0.25) is 0 Å². The van der Waals surface area contributed by atoms with E-state index in [1.54, 1.807) is 0 Å². The van der Waals surface area contributed by atoms with E-state index in [2.05, 4.69) is 23.5 Å². The molecule has 1 heterocycles. The number of carbonyl (C=O) groups is 1. The summed E-state index contributed by atoms with van der Waals surface area (Å²) in [4.78, 5) is 14.7. The van der Waals surface area contributed by atoms with Crippen LogP contribution in [0.5, 0.6) is 0 Å². The molecule has 3 aliphatic rings. The summed E-state index contributed by atoms with van der Waals surface area (Å²) in [5.74, 6) is 0.837. The molecular formula is C20H28N2O2. The Morgan fingerprint density at radius 2 is 2.21 bits per heavy atom. The zero-order chi connectivity index (χ0) is 16.7. The van der Waals surface area contributed by atoms with Gasteiger partial charge in [0.2, 0.25) is 0 Å². The van der Waals surface area contributed by atoms with Crippen LogP contribution in [0, 0.1) is 5.92 Å². The summed E-state index contributed by atoms with van der Waals surface area (Å²) in [6, 6.07) is 6.80. The molecule has 130 valence electrons. The number of hydrogen-bond acceptors (Lipinski definition) is 2. The molecule has 1 fully saturated rings. The van der Waals surface area contributed by atoms with Crippen molar-refractivity contribution in [2.45, 2.75) is 63.5 Å². The van der Waals surface area contributed by atoms with Gasteiger partial charge in [0.15, 0.2) is 0 Å². The molecule has 1 aromatic carbocycles. The number of hydrogen-bond donors (Lipinski definition) is 2. The molecule has 4 nitrogen and oxygen atoms in total. The van der Waals surface area contributed by atoms with Crippen molar-refractivity contribution < 1.29 is 9.90 Å². The number of aliphatic hydroxyl groups is 1. The van der Waals surface area contributed by atoms with Crippen molar-refractivity contribution in [1.82, 2.24) is 10.2 Å². The van der Waals surface area contributed by atoms with E-state index in [0.29, 0.717) is 12.5 Å². The van der Waals surface area contributed by atoms with Crippen LogP contribution in [0.15, 0.2) is 18.2 Å². The van der Waals surface area contributed by atoms with Crippen LogP contribution >= 0.6 is 0 Å². The van der Waals surface area contributed by atoms with E-state index in [9.17, 15) is 9.90 Å². The first kappa shape index (κ1) is 15.9. The lowest BCUT2D eigenvalue weighted by Gasteiger charge is -2.35. The third-order valence-electron chi connectivity index (χ3n) is 6.26. The molecule has 2 aliphatic carbocycles. The summed E-state index contributed by atoms with van der Waals surface area (Å²) in [5, 5.41) is 13.1. The SMILES string of the molecule is CC(O)C1CCCN(C(=O)NC2CC3CCCc4cccc2c43)C1. The number of nitrogens with zero attached hydrogens (tertiary/aromatic N) is 1. The van der Waals surface area contributed by atoms with E-state index in [-0.39, 0.29) is 24.1 Å². The second-order valence-corrected chi connectivity index (χ2v) is 7.84. The first-order valence-electron chi connectivity index (χ1n) is 9.48. The Bertz CT molecular complexity index is 628. The Hall–Kier alpha value is -1.55. The van der Waals surface area contributed by atoms with Crippen LogP contribution in [0.3, 0.4) is 0 Å². The van der Waals surface area contributed by atoms with Gasteiger partial charge in [0.25, 0.3) is 0 Å². The van der Waals surface area contributed by atoms with Crippen molar-refractivity contribution in [3.8, 4) is 0 Å². The standard InChI is InChI=1S/C20H28N2O2/c1-13(23)16-8-4-10-22(12-16)20(24)21-18-11-15-7-2-5-14-6-3-9-17(18)19(14)15/h3,6,9,13,15-16,18,23H,2,4-5,7-8,10-12H2,1H3,(H,21,24). The number of piperidine rings is 1. The van der Waals surface area contributed by atoms with Crippen molar-refractivity contribution in [3.63, 3.8) is 0 Å². The predicted octanol–water partition coefficient (Wildman–Crippen LogP) is 3.35. The Morgan fingerprint density at radius 3 is 3.04 bits per heavy atom. The summed E-state index contributed by atoms with van der Waals surface area (Å²) >= 11 is 0. The second kappa shape index (κ2) is 6.40. The lowest BCUT2D eigenvalue weighted by molar-refractivity contribution is 0.0732. The van der Waals surface area contributed by atoms with Gasteiger partial charge in [0, 0.05) is 19.0 Å². The van der Waals surface area contributed by atoms with E-state index in [0.717, 1.165) is 25.8 Å². The molecule has 0 radical (unpaired) electrons. The van der Waals surface area contributed by atoms with Gasteiger partial charge in [0.1, 0.15) is 0 Å². The fraction of sp³-hybridized carbons (Fsp3) is 0.650. The van der Waals surface area contributed by atoms with Crippen LogP contribution in [-0.2, 0) is 6.42 Å². The van der Waals surface area contributed by atoms with Crippen LogP contribution < -0.4 is 5.32 Å². The number of nitrogens with one attached hydrogen (secondary N) is 1. The number of amides is 2. The van der Waals surface area contributed by atoms with Gasteiger partial charge in [-0.25, -0.2) is 4.79 Å². The number of rotatable bonds is 2. The Kier molecular flexibility index (Phi) is 4.25. The molecule has 2 amide bonds. The largest absolute Gasteiger partial charge is 0.393 e. The van der Waals surface area contributed by atoms with E-state index in [4.69, 9.17) is 0 Å². The summed E-state index contributed by atoms with van der Waals surface area (Å²) in [6.45, 7) is 3.31. The summed E-state index contributed by atoms with van der Waals surface area (Å²) < 4.78 is 0. The maximum atomic E-state index is 12.8. The topological polar surface area (TPSA) is 52.6 Å². The second-order valence-electron chi connectivity index (χ2n) is 7.84. The molecule has 2 N–H and O–H groups in total. The summed E-state index contributed by atoms with van der Waals surface area (Å²) in [6.07, 6.45) is 6.41. The number of aryl methyl sites for hydroxylation is 1. The molecule has 4 rings (SSSR count). The van der Waals surface area contributed by atoms with Gasteiger partial charge in [-0.15, -0.1) is 0 Å². The van der Waals surface area contributed by atoms with Gasteiger partial charge in [-0.2, -0.15) is 0 Å². The number of aliphatic hydroxyl groups excluding tert-OH is 1. The third-order valence-corrected chi connectivity index (χ3v) is 6.26. The first-order valence-corrected chi connectivity index (χ1v) is 9.48. The van der Waals surface area contributed by atoms with Crippen LogP contribution in [0.1, 0.15) is 67.7 Å². The molecule has 4 atom stereocenters. The Labute approximate surface area is 144 Å². The van der Waals surface area contributed by atoms with Gasteiger partial charge < -0.3 is 15.3 Å². The van der Waals surface area contributed by atoms with Crippen molar-refractivity contribution in [1.29, 1.82) is 0 Å². The number of benzene rings is 1. The molecule has 24 heavy (non-hydrogen) atoms. The highest BCUT2D eigenvalue weighted by Gasteiger charge is 2.36. The molecular weight excluding hydrogens is 300 g/mol. The molecule has 4 heteroatoms. The quantitative estimate of drug-likeness (QED) is 0.875. The maximum absolute atomic E-state index is 12.8. The predicted molar refractivity (Wildman–Crippen MR) is 94.0 cm³/mol. The smallest absolute Gasteiger partial charge is 0.317 e. The lowest BCUT2D eigenvalue weighted by atomic mass is 9.84. The van der Waals surface area contributed by atoms with E-state index in [1.807, 2.05) is 11.8 Å². The van der Waals surface area contributed by atoms with Crippen molar-refractivity contribution >= 4 is 6.03 Å². The number of likely N-dealkylation sites (tertiary alicyclic amines) is 1. The van der Waals surface area contributed by atoms with Crippen molar-refractivity contribution in [2.75, 3.05) is 13.1 Å². The molecule has 0 aromatic heterocycles. The summed E-state index contributed by atoms with van der Waals surface area (Å²) in [5.41, 5.74) is 4.36. The van der Waals surface area contributed by atoms with E-state index in [1.165, 1.54) is 36.0 Å². The number of carbonyl (C=O) groups excluding carboxylic acids is 1. The fourth-order valence-corrected chi connectivity index (χ4v) is 4.95.